The maximum atomic E-state index is 12.0. The Hall–Kier alpha value is -2.70. The number of carbonyl (C=O) groups excluding carboxylic acids is 1. The van der Waals surface area contributed by atoms with Gasteiger partial charge in [-0.1, -0.05) is 41.4 Å². The van der Waals surface area contributed by atoms with E-state index in [1.54, 1.807) is 24.3 Å². The lowest BCUT2D eigenvalue weighted by atomic mass is 10.2. The van der Waals surface area contributed by atoms with Crippen LogP contribution in [0.2, 0.25) is 10.0 Å². The number of rotatable bonds is 3. The molecule has 120 valence electrons. The van der Waals surface area contributed by atoms with E-state index in [2.05, 4.69) is 4.99 Å². The van der Waals surface area contributed by atoms with Gasteiger partial charge in [0.2, 0.25) is 5.90 Å². The van der Waals surface area contributed by atoms with Crippen molar-refractivity contribution in [1.82, 2.24) is 0 Å². The summed E-state index contributed by atoms with van der Waals surface area (Å²) in [6.45, 7) is 0. The lowest BCUT2D eigenvalue weighted by Crippen LogP contribution is -2.06. The van der Waals surface area contributed by atoms with E-state index >= 15 is 0 Å². The van der Waals surface area contributed by atoms with Gasteiger partial charge in [-0.05, 0) is 23.8 Å². The van der Waals surface area contributed by atoms with Crippen molar-refractivity contribution in [2.75, 3.05) is 0 Å². The quantitative estimate of drug-likeness (QED) is 0.353. The van der Waals surface area contributed by atoms with Gasteiger partial charge in [0.1, 0.15) is 0 Å². The standard InChI is InChI=1S/C16H8Cl2N2O4/c17-12-4-2-1-3-9(12)7-14-16(21)24-15(19-14)11-8-10(20(22)23)5-6-13(11)18/h1-8H. The Balaban J connectivity index is 2.03. The third-order valence-electron chi connectivity index (χ3n) is 3.21. The van der Waals surface area contributed by atoms with E-state index < -0.39 is 10.9 Å². The van der Waals surface area contributed by atoms with Crippen LogP contribution in [0.25, 0.3) is 6.08 Å². The molecule has 2 aromatic carbocycles. The predicted octanol–water partition coefficient (Wildman–Crippen LogP) is 4.25. The minimum absolute atomic E-state index is 0.0284. The number of cyclic esters (lactones) is 1. The molecule has 24 heavy (non-hydrogen) atoms. The first-order valence-corrected chi connectivity index (χ1v) is 7.42. The molecule has 0 radical (unpaired) electrons. The molecule has 0 fully saturated rings. The number of non-ortho nitro benzene ring substituents is 1. The molecule has 0 N–H and O–H groups in total. The molecule has 1 heterocycles. The highest BCUT2D eigenvalue weighted by molar-refractivity contribution is 6.35. The number of halogens is 2. The first-order valence-electron chi connectivity index (χ1n) is 6.67. The smallest absolute Gasteiger partial charge is 0.363 e. The lowest BCUT2D eigenvalue weighted by Gasteiger charge is -2.02. The third-order valence-corrected chi connectivity index (χ3v) is 3.88. The molecule has 0 bridgehead atoms. The van der Waals surface area contributed by atoms with E-state index in [1.165, 1.54) is 24.3 Å². The average molecular weight is 363 g/mol. The summed E-state index contributed by atoms with van der Waals surface area (Å²) in [5.74, 6) is -0.778. The van der Waals surface area contributed by atoms with Crippen molar-refractivity contribution in [2.45, 2.75) is 0 Å². The summed E-state index contributed by atoms with van der Waals surface area (Å²) < 4.78 is 5.08. The molecular weight excluding hydrogens is 355 g/mol. The number of benzene rings is 2. The molecule has 1 aliphatic rings. The zero-order chi connectivity index (χ0) is 17.3. The van der Waals surface area contributed by atoms with E-state index in [0.29, 0.717) is 10.6 Å². The van der Waals surface area contributed by atoms with Crippen LogP contribution in [0.15, 0.2) is 53.2 Å². The number of nitro groups is 1. The van der Waals surface area contributed by atoms with Crippen LogP contribution in [-0.4, -0.2) is 16.8 Å². The highest BCUT2D eigenvalue weighted by Gasteiger charge is 2.27. The minimum atomic E-state index is -0.688. The van der Waals surface area contributed by atoms with E-state index in [0.717, 1.165) is 0 Å². The lowest BCUT2D eigenvalue weighted by molar-refractivity contribution is -0.384. The van der Waals surface area contributed by atoms with Crippen molar-refractivity contribution in [3.63, 3.8) is 0 Å². The van der Waals surface area contributed by atoms with Gasteiger partial charge in [0, 0.05) is 17.2 Å². The number of hydrogen-bond acceptors (Lipinski definition) is 5. The molecule has 0 saturated heterocycles. The number of ether oxygens (including phenoxy) is 1. The maximum absolute atomic E-state index is 12.0. The zero-order valence-electron chi connectivity index (χ0n) is 11.9. The summed E-state index contributed by atoms with van der Waals surface area (Å²) >= 11 is 12.1. The molecule has 1 aliphatic heterocycles. The van der Waals surface area contributed by atoms with Crippen molar-refractivity contribution >= 4 is 46.8 Å². The fourth-order valence-electron chi connectivity index (χ4n) is 2.05. The van der Waals surface area contributed by atoms with E-state index in [4.69, 9.17) is 27.9 Å². The third kappa shape index (κ3) is 3.15. The summed E-state index contributed by atoms with van der Waals surface area (Å²) in [4.78, 5) is 26.4. The van der Waals surface area contributed by atoms with Crippen LogP contribution in [0.3, 0.4) is 0 Å². The molecule has 0 saturated carbocycles. The van der Waals surface area contributed by atoms with Gasteiger partial charge in [0.15, 0.2) is 5.70 Å². The molecule has 0 unspecified atom stereocenters. The van der Waals surface area contributed by atoms with E-state index in [1.807, 2.05) is 0 Å². The summed E-state index contributed by atoms with van der Waals surface area (Å²) in [6, 6.07) is 10.7. The number of aliphatic imine (C=N–C) groups is 1. The van der Waals surface area contributed by atoms with Gasteiger partial charge in [-0.15, -0.1) is 0 Å². The topological polar surface area (TPSA) is 81.8 Å². The normalized spacial score (nSPS) is 15.3. The van der Waals surface area contributed by atoms with E-state index in [9.17, 15) is 14.9 Å². The molecule has 0 atom stereocenters. The predicted molar refractivity (Wildman–Crippen MR) is 90.2 cm³/mol. The summed E-state index contributed by atoms with van der Waals surface area (Å²) in [7, 11) is 0. The van der Waals surface area contributed by atoms with Gasteiger partial charge < -0.3 is 4.74 Å². The molecular formula is C16H8Cl2N2O4. The maximum Gasteiger partial charge on any atom is 0.363 e. The summed E-state index contributed by atoms with van der Waals surface area (Å²) in [5, 5.41) is 11.5. The first kappa shape index (κ1) is 16.2. The number of esters is 1. The van der Waals surface area contributed by atoms with Crippen LogP contribution in [0.4, 0.5) is 5.69 Å². The van der Waals surface area contributed by atoms with Crippen LogP contribution in [0.1, 0.15) is 11.1 Å². The van der Waals surface area contributed by atoms with Gasteiger partial charge in [-0.2, -0.15) is 0 Å². The van der Waals surface area contributed by atoms with Crippen molar-refractivity contribution in [3.05, 3.63) is 79.4 Å². The number of carbonyl (C=O) groups is 1. The van der Waals surface area contributed by atoms with Crippen molar-refractivity contribution in [3.8, 4) is 0 Å². The molecule has 8 heteroatoms. The van der Waals surface area contributed by atoms with Crippen LogP contribution in [-0.2, 0) is 9.53 Å². The first-order chi connectivity index (χ1) is 11.5. The molecule has 0 spiro atoms. The van der Waals surface area contributed by atoms with Crippen molar-refractivity contribution in [1.29, 1.82) is 0 Å². The Bertz CT molecular complexity index is 922. The Kier molecular flexibility index (Phi) is 4.33. The van der Waals surface area contributed by atoms with Gasteiger partial charge in [0.25, 0.3) is 5.69 Å². The molecule has 0 aliphatic carbocycles. The Morgan fingerprint density at radius 2 is 1.88 bits per heavy atom. The van der Waals surface area contributed by atoms with Crippen LogP contribution >= 0.6 is 23.2 Å². The Morgan fingerprint density at radius 3 is 2.58 bits per heavy atom. The number of nitrogens with zero attached hydrogens (tertiary/aromatic N) is 2. The monoisotopic (exact) mass is 362 g/mol. The Morgan fingerprint density at radius 1 is 1.12 bits per heavy atom. The van der Waals surface area contributed by atoms with Crippen molar-refractivity contribution < 1.29 is 14.5 Å². The molecule has 6 nitrogen and oxygen atoms in total. The minimum Gasteiger partial charge on any atom is -0.402 e. The average Bonchev–Trinajstić information content (AvgIpc) is 2.90. The van der Waals surface area contributed by atoms with Crippen LogP contribution < -0.4 is 0 Å². The molecule has 3 rings (SSSR count). The van der Waals surface area contributed by atoms with E-state index in [-0.39, 0.29) is 27.9 Å². The second kappa shape index (κ2) is 6.43. The molecule has 0 amide bonds. The zero-order valence-corrected chi connectivity index (χ0v) is 13.4. The Labute approximate surface area is 146 Å². The van der Waals surface area contributed by atoms with Gasteiger partial charge in [-0.25, -0.2) is 9.79 Å². The van der Waals surface area contributed by atoms with Crippen LogP contribution in [0.5, 0.6) is 0 Å². The van der Waals surface area contributed by atoms with Gasteiger partial charge in [-0.3, -0.25) is 10.1 Å². The molecule has 0 aromatic heterocycles. The van der Waals surface area contributed by atoms with Gasteiger partial charge >= 0.3 is 5.97 Å². The second-order valence-corrected chi connectivity index (χ2v) is 5.59. The SMILES string of the molecule is O=C1OC(c2cc([N+](=O)[O-])ccc2Cl)=NC1=Cc1ccccc1Cl. The fraction of sp³-hybridized carbons (Fsp3) is 0. The molecule has 2 aromatic rings. The largest absolute Gasteiger partial charge is 0.402 e. The van der Waals surface area contributed by atoms with Crippen LogP contribution in [0, 0.1) is 10.1 Å². The second-order valence-electron chi connectivity index (χ2n) is 4.78. The van der Waals surface area contributed by atoms with Gasteiger partial charge in [0.05, 0.1) is 15.5 Å². The summed E-state index contributed by atoms with van der Waals surface area (Å²) in [6.07, 6.45) is 1.48. The van der Waals surface area contributed by atoms with Crippen molar-refractivity contribution in [2.24, 2.45) is 4.99 Å². The summed E-state index contributed by atoms with van der Waals surface area (Å²) in [5.41, 5.74) is 0.611. The number of hydrogen-bond donors (Lipinski definition) is 0. The fourth-order valence-corrected chi connectivity index (χ4v) is 2.44. The highest BCUT2D eigenvalue weighted by Crippen LogP contribution is 2.28. The highest BCUT2D eigenvalue weighted by atomic mass is 35.5. The number of nitro benzene ring substituents is 1.